The average molecular weight is 292 g/mol. The van der Waals surface area contributed by atoms with Gasteiger partial charge in [-0.15, -0.1) is 0 Å². The van der Waals surface area contributed by atoms with Crippen molar-refractivity contribution in [3.05, 3.63) is 0 Å². The third kappa shape index (κ3) is 5.08. The van der Waals surface area contributed by atoms with E-state index in [9.17, 15) is 18.3 Å². The van der Waals surface area contributed by atoms with Crippen LogP contribution in [0.5, 0.6) is 0 Å². The molecule has 1 fully saturated rings. The summed E-state index contributed by atoms with van der Waals surface area (Å²) in [4.78, 5) is 11.5. The molecule has 1 aliphatic carbocycles. The molecule has 0 unspecified atom stereocenters. The molecular weight excluding hydrogens is 268 g/mol. The van der Waals surface area contributed by atoms with Crippen LogP contribution >= 0.6 is 0 Å². The summed E-state index contributed by atoms with van der Waals surface area (Å²) >= 11 is 0. The van der Waals surface area contributed by atoms with Gasteiger partial charge in [-0.3, -0.25) is 4.79 Å². The van der Waals surface area contributed by atoms with Crippen LogP contribution in [0.1, 0.15) is 59.3 Å². The molecule has 7 heteroatoms. The van der Waals surface area contributed by atoms with E-state index in [-0.39, 0.29) is 0 Å². The van der Waals surface area contributed by atoms with Gasteiger partial charge in [0.25, 0.3) is 10.2 Å². The number of hydrogen-bond acceptors (Lipinski definition) is 3. The second-order valence-electron chi connectivity index (χ2n) is 6.26. The number of hydrogen-bond donors (Lipinski definition) is 3. The van der Waals surface area contributed by atoms with Crippen molar-refractivity contribution in [3.63, 3.8) is 0 Å². The van der Waals surface area contributed by atoms with Crippen LogP contribution in [0.4, 0.5) is 0 Å². The minimum Gasteiger partial charge on any atom is -0.480 e. The highest BCUT2D eigenvalue weighted by molar-refractivity contribution is 7.87. The minimum atomic E-state index is -3.84. The lowest BCUT2D eigenvalue weighted by molar-refractivity contribution is -0.144. The summed E-state index contributed by atoms with van der Waals surface area (Å²) in [5, 5.41) is 9.42. The van der Waals surface area contributed by atoms with Crippen LogP contribution in [0.2, 0.25) is 0 Å². The summed E-state index contributed by atoms with van der Waals surface area (Å²) in [5.41, 5.74) is -2.01. The van der Waals surface area contributed by atoms with Gasteiger partial charge in [0.2, 0.25) is 0 Å². The number of carboxylic acids is 1. The average Bonchev–Trinajstić information content (AvgIpc) is 2.39. The maximum Gasteiger partial charge on any atom is 0.324 e. The molecule has 112 valence electrons. The highest BCUT2D eigenvalue weighted by Crippen LogP contribution is 2.28. The predicted octanol–water partition coefficient (Wildman–Crippen LogP) is 1.39. The lowest BCUT2D eigenvalue weighted by Gasteiger charge is -2.31. The van der Waals surface area contributed by atoms with Gasteiger partial charge in [0.1, 0.15) is 5.54 Å². The number of nitrogens with one attached hydrogen (secondary N) is 2. The van der Waals surface area contributed by atoms with Gasteiger partial charge in [-0.1, -0.05) is 25.7 Å². The standard InChI is InChI=1S/C12H24N2O4S/c1-11(2,3)13-19(17,18)14-12(10(15)16)8-6-4-5-7-9-12/h13-14H,4-9H2,1-3H3,(H,15,16). The molecule has 0 spiro atoms. The number of carbonyl (C=O) groups is 1. The molecule has 1 saturated carbocycles. The van der Waals surface area contributed by atoms with Crippen LogP contribution in [0, 0.1) is 0 Å². The largest absolute Gasteiger partial charge is 0.480 e. The van der Waals surface area contributed by atoms with E-state index < -0.39 is 27.3 Å². The van der Waals surface area contributed by atoms with E-state index in [4.69, 9.17) is 0 Å². The highest BCUT2D eigenvalue weighted by atomic mass is 32.2. The molecule has 0 aliphatic heterocycles. The zero-order valence-electron chi connectivity index (χ0n) is 11.8. The summed E-state index contributed by atoms with van der Waals surface area (Å²) in [6, 6.07) is 0. The second-order valence-corrected chi connectivity index (χ2v) is 7.67. The Balaban J connectivity index is 2.92. The van der Waals surface area contributed by atoms with Gasteiger partial charge in [0.05, 0.1) is 0 Å². The van der Waals surface area contributed by atoms with Crippen molar-refractivity contribution in [3.8, 4) is 0 Å². The highest BCUT2D eigenvalue weighted by Gasteiger charge is 2.42. The van der Waals surface area contributed by atoms with Crippen molar-refractivity contribution >= 4 is 16.2 Å². The molecule has 0 aromatic rings. The van der Waals surface area contributed by atoms with Gasteiger partial charge in [-0.25, -0.2) is 0 Å². The summed E-state index contributed by atoms with van der Waals surface area (Å²) < 4.78 is 28.9. The van der Waals surface area contributed by atoms with E-state index in [1.807, 2.05) is 0 Å². The van der Waals surface area contributed by atoms with Gasteiger partial charge in [-0.05, 0) is 33.6 Å². The first-order valence-electron chi connectivity index (χ1n) is 6.63. The van der Waals surface area contributed by atoms with Crippen molar-refractivity contribution in [1.29, 1.82) is 0 Å². The Bertz CT molecular complexity index is 418. The van der Waals surface area contributed by atoms with E-state index in [0.29, 0.717) is 12.8 Å². The third-order valence-corrected chi connectivity index (χ3v) is 4.68. The first-order chi connectivity index (χ1) is 8.56. The van der Waals surface area contributed by atoms with Gasteiger partial charge < -0.3 is 5.11 Å². The first kappa shape index (κ1) is 16.4. The second kappa shape index (κ2) is 5.76. The minimum absolute atomic E-state index is 0.341. The quantitative estimate of drug-likeness (QED) is 0.682. The molecular formula is C12H24N2O4S. The van der Waals surface area contributed by atoms with E-state index in [1.54, 1.807) is 20.8 Å². The molecule has 19 heavy (non-hydrogen) atoms. The molecule has 0 heterocycles. The Morgan fingerprint density at radius 1 is 1.11 bits per heavy atom. The van der Waals surface area contributed by atoms with Crippen molar-refractivity contribution < 1.29 is 18.3 Å². The Labute approximate surface area is 115 Å². The van der Waals surface area contributed by atoms with Crippen LogP contribution in [-0.2, 0) is 15.0 Å². The topological polar surface area (TPSA) is 95.5 Å². The Kier molecular flexibility index (Phi) is 4.97. The Morgan fingerprint density at radius 3 is 1.95 bits per heavy atom. The molecule has 1 aliphatic rings. The molecule has 0 bridgehead atoms. The summed E-state index contributed by atoms with van der Waals surface area (Å²) in [6.07, 6.45) is 4.03. The zero-order chi connectivity index (χ0) is 14.7. The molecule has 3 N–H and O–H groups in total. The number of carboxylic acid groups (broad SMARTS) is 1. The normalized spacial score (nSPS) is 20.8. The lowest BCUT2D eigenvalue weighted by Crippen LogP contribution is -2.59. The van der Waals surface area contributed by atoms with E-state index in [2.05, 4.69) is 9.44 Å². The maximum absolute atomic E-state index is 12.1. The molecule has 0 atom stereocenters. The van der Waals surface area contributed by atoms with E-state index in [1.165, 1.54) is 0 Å². The molecule has 1 rings (SSSR count). The van der Waals surface area contributed by atoms with Crippen LogP contribution < -0.4 is 9.44 Å². The molecule has 0 aromatic carbocycles. The molecule has 0 amide bonds. The van der Waals surface area contributed by atoms with Gasteiger partial charge >= 0.3 is 5.97 Å². The van der Waals surface area contributed by atoms with Crippen LogP contribution in [0.15, 0.2) is 0 Å². The van der Waals surface area contributed by atoms with Crippen molar-refractivity contribution in [1.82, 2.24) is 9.44 Å². The smallest absolute Gasteiger partial charge is 0.324 e. The van der Waals surface area contributed by atoms with Crippen LogP contribution in [0.25, 0.3) is 0 Å². The molecule has 0 radical (unpaired) electrons. The maximum atomic E-state index is 12.1. The van der Waals surface area contributed by atoms with Crippen molar-refractivity contribution in [2.45, 2.75) is 70.4 Å². The summed E-state index contributed by atoms with van der Waals surface area (Å²) in [7, 11) is -3.84. The van der Waals surface area contributed by atoms with Crippen molar-refractivity contribution in [2.24, 2.45) is 0 Å². The first-order valence-corrected chi connectivity index (χ1v) is 8.11. The van der Waals surface area contributed by atoms with Crippen molar-refractivity contribution in [2.75, 3.05) is 0 Å². The fourth-order valence-corrected chi connectivity index (χ4v) is 4.04. The van der Waals surface area contributed by atoms with Gasteiger partial charge in [0, 0.05) is 5.54 Å². The lowest BCUT2D eigenvalue weighted by atomic mass is 9.92. The van der Waals surface area contributed by atoms with Crippen LogP contribution in [0.3, 0.4) is 0 Å². The Hall–Kier alpha value is -0.660. The number of rotatable bonds is 4. The monoisotopic (exact) mass is 292 g/mol. The third-order valence-electron chi connectivity index (χ3n) is 3.14. The molecule has 0 aromatic heterocycles. The van der Waals surface area contributed by atoms with Crippen LogP contribution in [-0.4, -0.2) is 30.6 Å². The summed E-state index contributed by atoms with van der Waals surface area (Å²) in [5.74, 6) is -1.09. The number of aliphatic carboxylic acids is 1. The molecule has 0 saturated heterocycles. The van der Waals surface area contributed by atoms with E-state index >= 15 is 0 Å². The van der Waals surface area contributed by atoms with Gasteiger partial charge in [0.15, 0.2) is 0 Å². The fraction of sp³-hybridized carbons (Fsp3) is 0.917. The van der Waals surface area contributed by atoms with Gasteiger partial charge in [-0.2, -0.15) is 17.9 Å². The van der Waals surface area contributed by atoms with E-state index in [0.717, 1.165) is 25.7 Å². The summed E-state index contributed by atoms with van der Waals surface area (Å²) in [6.45, 7) is 5.15. The SMILES string of the molecule is CC(C)(C)NS(=O)(=O)NC1(C(=O)O)CCCCCC1. The predicted molar refractivity (Wildman–Crippen MR) is 73.0 cm³/mol. The zero-order valence-corrected chi connectivity index (χ0v) is 12.6. The Morgan fingerprint density at radius 2 is 1.58 bits per heavy atom. The fourth-order valence-electron chi connectivity index (χ4n) is 2.38. The molecule has 6 nitrogen and oxygen atoms in total.